The topological polar surface area (TPSA) is 14.1 Å². The minimum absolute atomic E-state index is 0. The predicted octanol–water partition coefficient (Wildman–Crippen LogP) is 0.192. The van der Waals surface area contributed by atoms with E-state index >= 15 is 0 Å². The summed E-state index contributed by atoms with van der Waals surface area (Å²) in [5.74, 6) is 0. The summed E-state index contributed by atoms with van der Waals surface area (Å²) in [5.41, 5.74) is 6.42. The third-order valence-electron chi connectivity index (χ3n) is 3.90. The van der Waals surface area contributed by atoms with E-state index < -0.39 is 0 Å². The van der Waals surface area contributed by atoms with E-state index in [0.717, 1.165) is 12.1 Å². The molecule has 1 atom stereocenters. The van der Waals surface area contributed by atoms with Gasteiger partial charge in [-0.15, -0.1) is 5.69 Å². The van der Waals surface area contributed by atoms with Gasteiger partial charge < -0.3 is 30.1 Å². The molecule has 0 bridgehead atoms. The Morgan fingerprint density at radius 2 is 1.54 bits per heavy atom. The predicted molar refractivity (Wildman–Crippen MR) is 90.7 cm³/mol. The zero-order valence-electron chi connectivity index (χ0n) is 13.8. The number of hydrogen-bond donors (Lipinski definition) is 0. The van der Waals surface area contributed by atoms with Gasteiger partial charge in [0.05, 0.1) is 0 Å². The summed E-state index contributed by atoms with van der Waals surface area (Å²) in [4.78, 5) is 0. The van der Waals surface area contributed by atoms with Crippen LogP contribution in [0.1, 0.15) is 37.4 Å². The summed E-state index contributed by atoms with van der Waals surface area (Å²) >= 11 is 0. The van der Waals surface area contributed by atoms with Crippen LogP contribution in [0.3, 0.4) is 0 Å². The van der Waals surface area contributed by atoms with Gasteiger partial charge in [-0.25, -0.2) is 0 Å². The molecule has 1 radical (unpaired) electrons. The Labute approximate surface area is 172 Å². The molecule has 123 valence electrons. The molecule has 2 aromatic carbocycles. The van der Waals surface area contributed by atoms with Crippen molar-refractivity contribution in [3.63, 3.8) is 0 Å². The van der Waals surface area contributed by atoms with Crippen LogP contribution in [0.5, 0.6) is 0 Å². The van der Waals surface area contributed by atoms with Gasteiger partial charge in [0.2, 0.25) is 0 Å². The van der Waals surface area contributed by atoms with Crippen molar-refractivity contribution in [3.05, 3.63) is 88.8 Å². The molecule has 1 nitrogen and oxygen atoms in total. The first-order chi connectivity index (χ1) is 10.2. The second kappa shape index (κ2) is 10.8. The second-order valence-corrected chi connectivity index (χ2v) is 5.55. The Morgan fingerprint density at radius 1 is 0.917 bits per heavy atom. The molecule has 0 saturated carbocycles. The van der Waals surface area contributed by atoms with Crippen molar-refractivity contribution in [2.45, 2.75) is 26.3 Å². The fraction of sp³-hybridized carbons (Fsp3) is 0.200. The van der Waals surface area contributed by atoms with Crippen molar-refractivity contribution in [1.82, 2.24) is 0 Å². The molecule has 1 aliphatic carbocycles. The van der Waals surface area contributed by atoms with Crippen molar-refractivity contribution in [1.29, 1.82) is 0 Å². The molecule has 24 heavy (non-hydrogen) atoms. The largest absolute Gasteiger partial charge is 3.00 e. The molecule has 0 amide bonds. The van der Waals surface area contributed by atoms with Gasteiger partial charge >= 0.3 is 21.7 Å². The molecule has 0 aliphatic heterocycles. The minimum Gasteiger partial charge on any atom is -1.00 e. The van der Waals surface area contributed by atoms with Gasteiger partial charge in [-0.05, 0) is 24.5 Å². The van der Waals surface area contributed by atoms with E-state index in [9.17, 15) is 0 Å². The zero-order valence-corrected chi connectivity index (χ0v) is 16.9. The molecule has 0 N–H and O–H groups in total. The molecule has 3 rings (SSSR count). The van der Waals surface area contributed by atoms with Crippen LogP contribution >= 0.6 is 0 Å². The van der Waals surface area contributed by atoms with Gasteiger partial charge in [0, 0.05) is 0 Å². The van der Waals surface area contributed by atoms with E-state index in [1.54, 1.807) is 0 Å². The number of nitrogens with zero attached hydrogens (tertiary/aromatic N) is 1. The van der Waals surface area contributed by atoms with Crippen LogP contribution in [0.15, 0.2) is 72.3 Å². The van der Waals surface area contributed by atoms with Crippen LogP contribution in [0.4, 0.5) is 5.69 Å². The average Bonchev–Trinajstić information content (AvgIpc) is 2.95. The number of para-hydroxylation sites is 1. The van der Waals surface area contributed by atoms with Crippen molar-refractivity contribution in [3.8, 4) is 0 Å². The summed E-state index contributed by atoms with van der Waals surface area (Å²) in [6, 6.07) is 19.0. The molecule has 0 saturated heterocycles. The molecule has 0 heterocycles. The third-order valence-corrected chi connectivity index (χ3v) is 3.90. The van der Waals surface area contributed by atoms with Gasteiger partial charge in [-0.2, -0.15) is 0 Å². The molecular weight excluding hydrogens is 373 g/mol. The van der Waals surface area contributed by atoms with Crippen molar-refractivity contribution in [2.24, 2.45) is 0 Å². The maximum Gasteiger partial charge on any atom is 3.00 e. The molecule has 4 heteroatoms. The molecule has 0 spiro atoms. The van der Waals surface area contributed by atoms with Gasteiger partial charge in [-0.3, -0.25) is 0 Å². The summed E-state index contributed by atoms with van der Waals surface area (Å²) in [7, 11) is 0. The van der Waals surface area contributed by atoms with Crippen LogP contribution in [0.25, 0.3) is 10.9 Å². The van der Waals surface area contributed by atoms with E-state index in [2.05, 4.69) is 62.4 Å². The van der Waals surface area contributed by atoms with Crippen molar-refractivity contribution < 1.29 is 46.5 Å². The first kappa shape index (κ1) is 23.0. The van der Waals surface area contributed by atoms with E-state index in [0.29, 0.717) is 0 Å². The maximum atomic E-state index is 4.84. The van der Waals surface area contributed by atoms with Crippen LogP contribution < -0.4 is 24.8 Å². The number of rotatable bonds is 4. The summed E-state index contributed by atoms with van der Waals surface area (Å²) < 4.78 is 0. The summed E-state index contributed by atoms with van der Waals surface area (Å²) in [6.45, 7) is 4.33. The quantitative estimate of drug-likeness (QED) is 0.659. The summed E-state index contributed by atoms with van der Waals surface area (Å²) in [6.07, 6.45) is 5.60. The Kier molecular flexibility index (Phi) is 10.3. The Hall–Kier alpha value is -0.986. The number of hydrogen-bond acceptors (Lipinski definition) is 0. The van der Waals surface area contributed by atoms with Gasteiger partial charge in [-0.1, -0.05) is 90.9 Å². The number of benzene rings is 2. The van der Waals surface area contributed by atoms with E-state index in [1.165, 1.54) is 22.3 Å². The SMILES string of the molecule is CC1=CCC(c2ccccc2C(C)[N-]c2ccccc2)=C1.[Cl-].[Cl-].[Ti+3]. The van der Waals surface area contributed by atoms with Gasteiger partial charge in [0.1, 0.15) is 0 Å². The van der Waals surface area contributed by atoms with E-state index in [4.69, 9.17) is 5.32 Å². The Bertz CT molecular complexity index is 696. The maximum absolute atomic E-state index is 4.84. The number of allylic oxidation sites excluding steroid dienone is 4. The van der Waals surface area contributed by atoms with Gasteiger partial charge in [0.15, 0.2) is 0 Å². The Balaban J connectivity index is 0.00000176. The standard InChI is InChI=1S/C20H20N.2ClH.Ti/c1-15-12-13-17(14-15)20-11-7-6-10-19(20)16(2)21-18-8-4-3-5-9-18;;;/h3-12,14,16H,13H2,1-2H3;2*1H;/q-1;;;+3/p-2. The fourth-order valence-corrected chi connectivity index (χ4v) is 2.81. The second-order valence-electron chi connectivity index (χ2n) is 5.55. The molecule has 0 aromatic heterocycles. The first-order valence-corrected chi connectivity index (χ1v) is 7.46. The van der Waals surface area contributed by atoms with Crippen LogP contribution in [0.2, 0.25) is 0 Å². The Morgan fingerprint density at radius 3 is 2.17 bits per heavy atom. The zero-order chi connectivity index (χ0) is 14.7. The monoisotopic (exact) mass is 392 g/mol. The molecular formula is C20H20Cl2NTi. The normalized spacial score (nSPS) is 13.4. The first-order valence-electron chi connectivity index (χ1n) is 7.46. The van der Waals surface area contributed by atoms with Crippen LogP contribution in [-0.2, 0) is 21.7 Å². The van der Waals surface area contributed by atoms with Crippen molar-refractivity contribution in [2.75, 3.05) is 0 Å². The molecule has 2 aromatic rings. The fourth-order valence-electron chi connectivity index (χ4n) is 2.81. The molecule has 0 fully saturated rings. The molecule has 1 aliphatic rings. The minimum atomic E-state index is 0. The molecule has 1 unspecified atom stereocenters. The van der Waals surface area contributed by atoms with Gasteiger partial charge in [0.25, 0.3) is 0 Å². The van der Waals surface area contributed by atoms with E-state index in [1.807, 2.05) is 18.2 Å². The van der Waals surface area contributed by atoms with Crippen LogP contribution in [0, 0.1) is 0 Å². The third kappa shape index (κ3) is 5.53. The van der Waals surface area contributed by atoms with Crippen LogP contribution in [-0.4, -0.2) is 0 Å². The average molecular weight is 393 g/mol. The van der Waals surface area contributed by atoms with E-state index in [-0.39, 0.29) is 52.6 Å². The number of halogens is 2. The summed E-state index contributed by atoms with van der Waals surface area (Å²) in [5, 5.41) is 4.84. The smallest absolute Gasteiger partial charge is 1.00 e. The van der Waals surface area contributed by atoms with Crippen molar-refractivity contribution >= 4 is 11.3 Å².